The maximum Gasteiger partial charge on any atom is 0.407 e. The summed E-state index contributed by atoms with van der Waals surface area (Å²) in [6.45, 7) is 13.6. The first-order chi connectivity index (χ1) is 31.5. The van der Waals surface area contributed by atoms with E-state index >= 15 is 0 Å². The minimum atomic E-state index is -1.10. The molecule has 1 fully saturated rings. The van der Waals surface area contributed by atoms with Gasteiger partial charge in [-0.1, -0.05) is 140 Å². The van der Waals surface area contributed by atoms with Crippen molar-refractivity contribution in [1.29, 1.82) is 0 Å². The van der Waals surface area contributed by atoms with Crippen LogP contribution in [-0.4, -0.2) is 96.8 Å². The van der Waals surface area contributed by atoms with Crippen molar-refractivity contribution in [2.75, 3.05) is 20.2 Å². The fourth-order valence-electron chi connectivity index (χ4n) is 8.03. The maximum absolute atomic E-state index is 14.4. The van der Waals surface area contributed by atoms with E-state index < -0.39 is 60.4 Å². The number of nitrogens with one attached hydrogen (secondary N) is 3. The van der Waals surface area contributed by atoms with Crippen LogP contribution in [0.4, 0.5) is 4.79 Å². The van der Waals surface area contributed by atoms with E-state index in [1.54, 1.807) is 19.2 Å². The van der Waals surface area contributed by atoms with Crippen molar-refractivity contribution < 1.29 is 43.0 Å². The summed E-state index contributed by atoms with van der Waals surface area (Å²) in [6.07, 6.45) is 7.17. The van der Waals surface area contributed by atoms with E-state index in [9.17, 15) is 28.8 Å². The number of ether oxygens (including phenoxy) is 3. The molecule has 6 amide bonds. The molecule has 3 rings (SSSR count). The molecule has 366 valence electrons. The third-order valence-electron chi connectivity index (χ3n) is 12.4. The first-order valence-corrected chi connectivity index (χ1v) is 24.0. The Bertz CT molecular complexity index is 1840. The molecule has 66 heavy (non-hydrogen) atoms. The molecule has 1 aliphatic rings. The molecule has 0 heterocycles. The molecule has 2 aromatic rings. The van der Waals surface area contributed by atoms with E-state index in [-0.39, 0.29) is 54.7 Å². The molecule has 2 aromatic carbocycles. The number of hydrogen-bond acceptors (Lipinski definition) is 9. The summed E-state index contributed by atoms with van der Waals surface area (Å²) in [7, 11) is 1.61. The highest BCUT2D eigenvalue weighted by Gasteiger charge is 2.38. The number of hydrogen-bond donors (Lipinski definition) is 4. The number of carbonyl (C=O) groups excluding carboxylic acids is 6. The van der Waals surface area contributed by atoms with E-state index in [1.165, 1.54) is 4.90 Å². The van der Waals surface area contributed by atoms with Gasteiger partial charge in [-0.05, 0) is 62.5 Å². The summed E-state index contributed by atoms with van der Waals surface area (Å²) in [5.41, 5.74) is 7.02. The van der Waals surface area contributed by atoms with Crippen LogP contribution in [0.15, 0.2) is 65.7 Å². The van der Waals surface area contributed by atoms with Gasteiger partial charge in [-0.15, -0.1) is 0 Å². The molecular weight excluding hydrogens is 841 g/mol. The number of alkyl carbamates (subject to hydrolysis) is 1. The van der Waals surface area contributed by atoms with Gasteiger partial charge < -0.3 is 40.8 Å². The van der Waals surface area contributed by atoms with Crippen LogP contribution in [0.1, 0.15) is 130 Å². The highest BCUT2D eigenvalue weighted by molar-refractivity contribution is 6.41. The zero-order valence-corrected chi connectivity index (χ0v) is 40.7. The Hall–Kier alpha value is -5.15. The molecule has 1 aliphatic carbocycles. The standard InChI is InChI=1S/C51H78N6O9/c1-9-10-11-21-28-44(65-31-35(4)54-47(59)36(5)38(7)64-32-39-22-15-12-16-23-39)37(6)50(62)57(8)43(29-34(2)3)48(60)56-45(41-26-19-14-20-27-41)49(61)55-42(46(52)58)30-53-51(63)66-33-40-24-17-13-18-25-40/h12-13,15-18,22-25,34-38,41,43-45H,9-11,14,19-21,26-33H2,1-8H3,(H2,52,58)(H,53,63)(H,54,59)(H,56,60)/b55-42-/t35-,36+,37-,38+,43+,44-,45+/m1/s1. The van der Waals surface area contributed by atoms with E-state index in [0.717, 1.165) is 56.1 Å². The van der Waals surface area contributed by atoms with Gasteiger partial charge in [-0.3, -0.25) is 24.0 Å². The molecule has 15 nitrogen and oxygen atoms in total. The number of rotatable bonds is 28. The van der Waals surface area contributed by atoms with Gasteiger partial charge in [0.2, 0.25) is 17.7 Å². The van der Waals surface area contributed by atoms with Gasteiger partial charge in [0, 0.05) is 13.1 Å². The predicted molar refractivity (Wildman–Crippen MR) is 256 cm³/mol. The van der Waals surface area contributed by atoms with E-state index in [4.69, 9.17) is 19.9 Å². The molecule has 0 aromatic heterocycles. The number of likely N-dealkylation sites (N-methyl/N-ethyl adjacent to an activating group) is 1. The monoisotopic (exact) mass is 919 g/mol. The van der Waals surface area contributed by atoms with Crippen LogP contribution in [0.2, 0.25) is 0 Å². The lowest BCUT2D eigenvalue weighted by Gasteiger charge is -2.35. The highest BCUT2D eigenvalue weighted by atomic mass is 16.5. The van der Waals surface area contributed by atoms with Crippen molar-refractivity contribution in [3.63, 3.8) is 0 Å². The topological polar surface area (TPSA) is 208 Å². The Morgan fingerprint density at radius 1 is 0.773 bits per heavy atom. The summed E-state index contributed by atoms with van der Waals surface area (Å²) < 4.78 is 17.7. The minimum Gasteiger partial charge on any atom is -0.445 e. The van der Waals surface area contributed by atoms with Crippen molar-refractivity contribution in [1.82, 2.24) is 20.9 Å². The fourth-order valence-corrected chi connectivity index (χ4v) is 8.03. The van der Waals surface area contributed by atoms with Crippen LogP contribution in [0, 0.1) is 23.7 Å². The zero-order chi connectivity index (χ0) is 48.6. The number of nitrogens with zero attached hydrogens (tertiary/aromatic N) is 2. The number of unbranched alkanes of at least 4 members (excludes halogenated alkanes) is 3. The molecule has 1 saturated carbocycles. The van der Waals surface area contributed by atoms with Gasteiger partial charge in [0.05, 0.1) is 43.8 Å². The van der Waals surface area contributed by atoms with Gasteiger partial charge >= 0.3 is 6.09 Å². The first kappa shape index (κ1) is 55.2. The highest BCUT2D eigenvalue weighted by Crippen LogP contribution is 2.28. The Balaban J connectivity index is 1.73. The zero-order valence-electron chi connectivity index (χ0n) is 40.7. The molecule has 7 atom stereocenters. The summed E-state index contributed by atoms with van der Waals surface area (Å²) in [6, 6.07) is 16.5. The molecule has 0 spiro atoms. The van der Waals surface area contributed by atoms with Crippen molar-refractivity contribution in [3.05, 3.63) is 71.8 Å². The van der Waals surface area contributed by atoms with Crippen LogP contribution in [0.25, 0.3) is 0 Å². The summed E-state index contributed by atoms with van der Waals surface area (Å²) in [4.78, 5) is 86.6. The van der Waals surface area contributed by atoms with Crippen LogP contribution in [-0.2, 0) is 51.4 Å². The molecule has 0 unspecified atom stereocenters. The number of amides is 6. The predicted octanol–water partition coefficient (Wildman–Crippen LogP) is 7.04. The van der Waals surface area contributed by atoms with E-state index in [1.807, 2.05) is 90.1 Å². The van der Waals surface area contributed by atoms with Crippen LogP contribution in [0.3, 0.4) is 0 Å². The second-order valence-corrected chi connectivity index (χ2v) is 18.4. The minimum absolute atomic E-state index is 0.00162. The smallest absolute Gasteiger partial charge is 0.407 e. The lowest BCUT2D eigenvalue weighted by Crippen LogP contribution is -2.56. The van der Waals surface area contributed by atoms with Crippen molar-refractivity contribution in [3.8, 4) is 0 Å². The number of carbonyl (C=O) groups is 6. The Kier molecular flexibility index (Phi) is 24.6. The van der Waals surface area contributed by atoms with Crippen molar-refractivity contribution in [2.45, 2.75) is 163 Å². The molecule has 0 bridgehead atoms. The second kappa shape index (κ2) is 29.5. The SMILES string of the molecule is CCCCCC[C@@H](OC[C@@H](C)NC(=O)[C@@H](C)[C@H](C)OCc1ccccc1)[C@@H](C)C(=O)N(C)[C@@H](CC(C)C)C(=O)N[C@H](C(=O)/N=C(/CNC(=O)OCc1ccccc1)C(N)=O)C1CCCCC1. The van der Waals surface area contributed by atoms with Gasteiger partial charge in [0.25, 0.3) is 11.8 Å². The average Bonchev–Trinajstić information content (AvgIpc) is 3.31. The number of aliphatic imine (C=N–C) groups is 1. The van der Waals surface area contributed by atoms with Gasteiger partial charge in [-0.25, -0.2) is 9.79 Å². The van der Waals surface area contributed by atoms with Crippen LogP contribution < -0.4 is 21.7 Å². The summed E-state index contributed by atoms with van der Waals surface area (Å²) in [5.74, 6) is -4.05. The lowest BCUT2D eigenvalue weighted by molar-refractivity contribution is -0.147. The Morgan fingerprint density at radius 3 is 1.98 bits per heavy atom. The number of nitrogens with two attached hydrogens (primary N) is 1. The maximum atomic E-state index is 14.4. The van der Waals surface area contributed by atoms with Crippen LogP contribution in [0.5, 0.6) is 0 Å². The summed E-state index contributed by atoms with van der Waals surface area (Å²) >= 11 is 0. The normalized spacial score (nSPS) is 16.5. The largest absolute Gasteiger partial charge is 0.445 e. The third kappa shape index (κ3) is 19.4. The quantitative estimate of drug-likeness (QED) is 0.0509. The van der Waals surface area contributed by atoms with Gasteiger partial charge in [0.1, 0.15) is 24.4 Å². The van der Waals surface area contributed by atoms with Gasteiger partial charge in [0.15, 0.2) is 0 Å². The molecule has 15 heteroatoms. The van der Waals surface area contributed by atoms with E-state index in [0.29, 0.717) is 32.3 Å². The Morgan fingerprint density at radius 2 is 1.39 bits per heavy atom. The molecule has 5 N–H and O–H groups in total. The number of benzene rings is 2. The third-order valence-corrected chi connectivity index (χ3v) is 12.4. The lowest BCUT2D eigenvalue weighted by atomic mass is 9.83. The second-order valence-electron chi connectivity index (χ2n) is 18.4. The van der Waals surface area contributed by atoms with E-state index in [2.05, 4.69) is 27.9 Å². The van der Waals surface area contributed by atoms with Crippen molar-refractivity contribution >= 4 is 41.3 Å². The average molecular weight is 919 g/mol. The molecular formula is C51H78N6O9. The van der Waals surface area contributed by atoms with Crippen molar-refractivity contribution in [2.24, 2.45) is 34.4 Å². The fraction of sp³-hybridized carbons (Fsp3) is 0.627. The summed E-state index contributed by atoms with van der Waals surface area (Å²) in [5, 5.41) is 8.44. The van der Waals surface area contributed by atoms with Gasteiger partial charge in [-0.2, -0.15) is 0 Å². The molecule has 0 aliphatic heterocycles. The Labute approximate surface area is 393 Å². The van der Waals surface area contributed by atoms with Crippen LogP contribution >= 0.6 is 0 Å². The first-order valence-electron chi connectivity index (χ1n) is 24.0. The molecule has 0 radical (unpaired) electrons. The molecule has 0 saturated heterocycles. The number of primary amides is 1.